The van der Waals surface area contributed by atoms with Crippen LogP contribution in [0.1, 0.15) is 5.56 Å². The van der Waals surface area contributed by atoms with E-state index in [0.717, 1.165) is 12.1 Å². The lowest BCUT2D eigenvalue weighted by atomic mass is 10.1. The number of benzene rings is 2. The largest absolute Gasteiger partial charge is 0.481 e. The molecule has 2 aromatic carbocycles. The smallest absolute Gasteiger partial charge is 0.341 e. The third-order valence-corrected chi connectivity index (χ3v) is 3.11. The highest BCUT2D eigenvalue weighted by atomic mass is 19.1. The van der Waals surface area contributed by atoms with Gasteiger partial charge in [0.15, 0.2) is 6.61 Å². The lowest BCUT2D eigenvalue weighted by Crippen LogP contribution is -2.15. The van der Waals surface area contributed by atoms with Crippen molar-refractivity contribution in [2.24, 2.45) is 0 Å². The second-order valence-corrected chi connectivity index (χ2v) is 4.97. The molecular weight excluding hydrogens is 346 g/mol. The van der Waals surface area contributed by atoms with Gasteiger partial charge in [-0.2, -0.15) is 5.26 Å². The van der Waals surface area contributed by atoms with Gasteiger partial charge >= 0.3 is 5.97 Å². The number of halogens is 2. The molecule has 8 heteroatoms. The number of nitriles is 1. The zero-order chi connectivity index (χ0) is 19.1. The number of amides is 1. The van der Waals surface area contributed by atoms with Gasteiger partial charge in [0.1, 0.15) is 29.0 Å². The number of carboxylic acid groups (broad SMARTS) is 1. The highest BCUT2D eigenvalue weighted by Gasteiger charge is 2.14. The molecule has 0 aliphatic carbocycles. The van der Waals surface area contributed by atoms with Crippen molar-refractivity contribution in [3.63, 3.8) is 0 Å². The molecule has 2 aromatic rings. The number of para-hydroxylation sites is 1. The Kier molecular flexibility index (Phi) is 6.01. The van der Waals surface area contributed by atoms with Crippen LogP contribution in [0.4, 0.5) is 14.5 Å². The summed E-state index contributed by atoms with van der Waals surface area (Å²) >= 11 is 0. The quantitative estimate of drug-likeness (QED) is 0.611. The van der Waals surface area contributed by atoms with Gasteiger partial charge in [-0.1, -0.05) is 18.2 Å². The van der Waals surface area contributed by atoms with Gasteiger partial charge in [0, 0.05) is 11.6 Å². The molecule has 26 heavy (non-hydrogen) atoms. The molecule has 0 fully saturated rings. The molecule has 0 saturated heterocycles. The van der Waals surface area contributed by atoms with Crippen LogP contribution in [0, 0.1) is 23.0 Å². The summed E-state index contributed by atoms with van der Waals surface area (Å²) < 4.78 is 31.6. The molecule has 0 bridgehead atoms. The van der Waals surface area contributed by atoms with Gasteiger partial charge in [-0.05, 0) is 24.3 Å². The lowest BCUT2D eigenvalue weighted by Gasteiger charge is -2.08. The minimum absolute atomic E-state index is 0.156. The Morgan fingerprint density at radius 2 is 1.96 bits per heavy atom. The van der Waals surface area contributed by atoms with Crippen LogP contribution in [0.5, 0.6) is 5.75 Å². The summed E-state index contributed by atoms with van der Waals surface area (Å²) in [5.74, 6) is -3.73. The van der Waals surface area contributed by atoms with Crippen molar-refractivity contribution in [1.29, 1.82) is 5.26 Å². The van der Waals surface area contributed by atoms with E-state index < -0.39 is 30.1 Å². The summed E-state index contributed by atoms with van der Waals surface area (Å²) in [5, 5.41) is 20.0. The number of nitrogens with one attached hydrogen (secondary N) is 1. The third kappa shape index (κ3) is 4.88. The molecule has 0 saturated carbocycles. The van der Waals surface area contributed by atoms with Gasteiger partial charge < -0.3 is 15.2 Å². The summed E-state index contributed by atoms with van der Waals surface area (Å²) in [4.78, 5) is 22.8. The van der Waals surface area contributed by atoms with Crippen molar-refractivity contribution in [3.8, 4) is 11.8 Å². The molecule has 0 spiro atoms. The zero-order valence-electron chi connectivity index (χ0n) is 13.2. The van der Waals surface area contributed by atoms with E-state index >= 15 is 0 Å². The third-order valence-electron chi connectivity index (χ3n) is 3.11. The van der Waals surface area contributed by atoms with Crippen molar-refractivity contribution in [1.82, 2.24) is 0 Å². The Labute approximate surface area is 146 Å². The highest BCUT2D eigenvalue weighted by Crippen LogP contribution is 2.22. The van der Waals surface area contributed by atoms with Gasteiger partial charge in [0.05, 0.1) is 5.69 Å². The van der Waals surface area contributed by atoms with Crippen molar-refractivity contribution in [2.45, 2.75) is 0 Å². The van der Waals surface area contributed by atoms with Crippen LogP contribution in [0.3, 0.4) is 0 Å². The summed E-state index contributed by atoms with van der Waals surface area (Å²) in [5.41, 5.74) is -0.368. The molecule has 0 atom stereocenters. The van der Waals surface area contributed by atoms with Gasteiger partial charge in [-0.15, -0.1) is 0 Å². The monoisotopic (exact) mass is 358 g/mol. The maximum Gasteiger partial charge on any atom is 0.341 e. The lowest BCUT2D eigenvalue weighted by molar-refractivity contribution is -0.139. The first kappa shape index (κ1) is 18.6. The van der Waals surface area contributed by atoms with Crippen LogP contribution in [0.25, 0.3) is 6.08 Å². The Hall–Kier alpha value is -3.73. The summed E-state index contributed by atoms with van der Waals surface area (Å²) in [6, 6.07) is 10.4. The number of aliphatic carboxylic acids is 1. The van der Waals surface area contributed by atoms with E-state index in [2.05, 4.69) is 5.32 Å². The average Bonchev–Trinajstić information content (AvgIpc) is 2.60. The van der Waals surface area contributed by atoms with E-state index in [1.165, 1.54) is 18.2 Å². The van der Waals surface area contributed by atoms with Crippen molar-refractivity contribution in [3.05, 3.63) is 65.2 Å². The number of anilines is 1. The number of ether oxygens (including phenoxy) is 1. The van der Waals surface area contributed by atoms with Crippen LogP contribution >= 0.6 is 0 Å². The fourth-order valence-electron chi connectivity index (χ4n) is 1.96. The Morgan fingerprint density at radius 1 is 1.23 bits per heavy atom. The van der Waals surface area contributed by atoms with Gasteiger partial charge in [0.25, 0.3) is 5.91 Å². The Bertz CT molecular complexity index is 920. The van der Waals surface area contributed by atoms with Crippen molar-refractivity contribution in [2.75, 3.05) is 11.9 Å². The molecule has 0 unspecified atom stereocenters. The van der Waals surface area contributed by atoms with Gasteiger partial charge in [0.2, 0.25) is 0 Å². The predicted octanol–water partition coefficient (Wildman–Crippen LogP) is 2.97. The van der Waals surface area contributed by atoms with Gasteiger partial charge in [-0.25, -0.2) is 13.6 Å². The van der Waals surface area contributed by atoms with Crippen LogP contribution in [0.2, 0.25) is 0 Å². The summed E-state index contributed by atoms with van der Waals surface area (Å²) in [7, 11) is 0. The minimum Gasteiger partial charge on any atom is -0.481 e. The SMILES string of the molecule is N#C/C(=C\c1ccccc1OCC(=O)O)C(=O)Nc1ccc(F)cc1F. The maximum absolute atomic E-state index is 13.6. The van der Waals surface area contributed by atoms with Crippen molar-refractivity contribution >= 4 is 23.6 Å². The number of rotatable bonds is 6. The average molecular weight is 358 g/mol. The molecule has 0 aliphatic rings. The molecule has 0 aliphatic heterocycles. The van der Waals surface area contributed by atoms with Crippen LogP contribution in [-0.2, 0) is 9.59 Å². The number of carboxylic acids is 1. The maximum atomic E-state index is 13.6. The van der Waals surface area contributed by atoms with Crippen molar-refractivity contribution < 1.29 is 28.2 Å². The fraction of sp³-hybridized carbons (Fsp3) is 0.0556. The van der Waals surface area contributed by atoms with E-state index in [1.807, 2.05) is 0 Å². The first-order chi connectivity index (χ1) is 12.4. The number of carbonyl (C=O) groups excluding carboxylic acids is 1. The minimum atomic E-state index is -1.19. The van der Waals surface area contributed by atoms with E-state index in [-0.39, 0.29) is 17.0 Å². The molecule has 1 amide bonds. The first-order valence-electron chi connectivity index (χ1n) is 7.22. The van der Waals surface area contributed by atoms with E-state index in [4.69, 9.17) is 9.84 Å². The molecule has 0 heterocycles. The number of carbonyl (C=O) groups is 2. The standard InChI is InChI=1S/C18H12F2N2O4/c19-13-5-6-15(14(20)8-13)22-18(25)12(9-21)7-11-3-1-2-4-16(11)26-10-17(23)24/h1-8H,10H2,(H,22,25)(H,23,24)/b12-7+. The normalized spacial score (nSPS) is 10.7. The van der Waals surface area contributed by atoms with Crippen LogP contribution in [0.15, 0.2) is 48.0 Å². The van der Waals surface area contributed by atoms with E-state index in [1.54, 1.807) is 18.2 Å². The fourth-order valence-corrected chi connectivity index (χ4v) is 1.96. The van der Waals surface area contributed by atoms with E-state index in [0.29, 0.717) is 11.6 Å². The molecule has 6 nitrogen and oxygen atoms in total. The molecule has 0 aromatic heterocycles. The Morgan fingerprint density at radius 3 is 2.62 bits per heavy atom. The number of hydrogen-bond acceptors (Lipinski definition) is 4. The molecule has 0 radical (unpaired) electrons. The second-order valence-electron chi connectivity index (χ2n) is 4.97. The van der Waals surface area contributed by atoms with E-state index in [9.17, 15) is 23.6 Å². The molecule has 2 rings (SSSR count). The Balaban J connectivity index is 2.26. The summed E-state index contributed by atoms with van der Waals surface area (Å²) in [6.07, 6.45) is 1.17. The van der Waals surface area contributed by atoms with Crippen LogP contribution in [-0.4, -0.2) is 23.6 Å². The zero-order valence-corrected chi connectivity index (χ0v) is 13.2. The first-order valence-corrected chi connectivity index (χ1v) is 7.22. The molecule has 132 valence electrons. The van der Waals surface area contributed by atoms with Gasteiger partial charge in [-0.3, -0.25) is 4.79 Å². The molecule has 2 N–H and O–H groups in total. The second kappa shape index (κ2) is 8.39. The highest BCUT2D eigenvalue weighted by molar-refractivity contribution is 6.09. The number of hydrogen-bond donors (Lipinski definition) is 2. The van der Waals surface area contributed by atoms with Crippen LogP contribution < -0.4 is 10.1 Å². The number of nitrogens with zero attached hydrogens (tertiary/aromatic N) is 1. The predicted molar refractivity (Wildman–Crippen MR) is 88.2 cm³/mol. The molecular formula is C18H12F2N2O4. The topological polar surface area (TPSA) is 99.4 Å². The summed E-state index contributed by atoms with van der Waals surface area (Å²) in [6.45, 7) is -0.597.